The second-order valence-corrected chi connectivity index (χ2v) is 3.03. The van der Waals surface area contributed by atoms with Crippen LogP contribution >= 0.6 is 0 Å². The van der Waals surface area contributed by atoms with Gasteiger partial charge >= 0.3 is 11.9 Å². The van der Waals surface area contributed by atoms with Crippen LogP contribution in [0, 0.1) is 0 Å². The Balaban J connectivity index is 2.79. The summed E-state index contributed by atoms with van der Waals surface area (Å²) in [7, 11) is 1.12. The Bertz CT molecular complexity index is 383. The van der Waals surface area contributed by atoms with Crippen LogP contribution in [0.5, 0.6) is 0 Å². The van der Waals surface area contributed by atoms with Gasteiger partial charge in [-0.2, -0.15) is 5.12 Å². The SMILES string of the molecule is COC(=O)C(C)N(F)C(=O)c1ccccn1. The number of nitrogens with zero attached hydrogens (tertiary/aromatic N) is 2. The smallest absolute Gasteiger partial charge is 0.331 e. The molecule has 1 heterocycles. The highest BCUT2D eigenvalue weighted by Crippen LogP contribution is 2.07. The molecule has 0 saturated carbocycles. The van der Waals surface area contributed by atoms with Gasteiger partial charge in [0.25, 0.3) is 0 Å². The lowest BCUT2D eigenvalue weighted by Gasteiger charge is -2.16. The quantitative estimate of drug-likeness (QED) is 0.569. The number of pyridine rings is 1. The fraction of sp³-hybridized carbons (Fsp3) is 0.300. The zero-order chi connectivity index (χ0) is 12.1. The summed E-state index contributed by atoms with van der Waals surface area (Å²) in [6.45, 7) is 1.23. The van der Waals surface area contributed by atoms with E-state index in [-0.39, 0.29) is 10.8 Å². The fourth-order valence-corrected chi connectivity index (χ4v) is 1.04. The van der Waals surface area contributed by atoms with Gasteiger partial charge < -0.3 is 4.74 Å². The molecule has 0 aliphatic rings. The van der Waals surface area contributed by atoms with Crippen molar-refractivity contribution in [1.82, 2.24) is 10.1 Å². The number of hydrogen-bond donors (Lipinski definition) is 0. The standard InChI is InChI=1S/C10H11FN2O3/c1-7(10(15)16-2)13(11)9(14)8-5-3-4-6-12-8/h3-7H,1-2H3. The number of carbonyl (C=O) groups excluding carboxylic acids is 2. The lowest BCUT2D eigenvalue weighted by Crippen LogP contribution is -2.38. The number of methoxy groups -OCH3 is 1. The molecule has 0 N–H and O–H groups in total. The Morgan fingerprint density at radius 1 is 1.50 bits per heavy atom. The van der Waals surface area contributed by atoms with Gasteiger partial charge in [0.1, 0.15) is 5.69 Å². The van der Waals surface area contributed by atoms with Crippen molar-refractivity contribution < 1.29 is 18.8 Å². The Hall–Kier alpha value is -1.98. The van der Waals surface area contributed by atoms with E-state index in [1.165, 1.54) is 19.2 Å². The third-order valence-corrected chi connectivity index (χ3v) is 1.96. The van der Waals surface area contributed by atoms with Gasteiger partial charge in [-0.1, -0.05) is 10.5 Å². The number of hydrogen-bond acceptors (Lipinski definition) is 4. The van der Waals surface area contributed by atoms with Gasteiger partial charge in [0.05, 0.1) is 7.11 Å². The molecule has 0 bridgehead atoms. The number of carbonyl (C=O) groups is 2. The van der Waals surface area contributed by atoms with E-state index in [2.05, 4.69) is 9.72 Å². The lowest BCUT2D eigenvalue weighted by atomic mass is 10.3. The largest absolute Gasteiger partial charge is 0.467 e. The maximum absolute atomic E-state index is 13.5. The van der Waals surface area contributed by atoms with Crippen LogP contribution in [-0.4, -0.2) is 35.1 Å². The van der Waals surface area contributed by atoms with Gasteiger partial charge in [0.15, 0.2) is 6.04 Å². The summed E-state index contributed by atoms with van der Waals surface area (Å²) in [6, 6.07) is 3.22. The Labute approximate surface area is 91.8 Å². The maximum atomic E-state index is 13.5. The second-order valence-electron chi connectivity index (χ2n) is 3.03. The number of halogens is 1. The monoisotopic (exact) mass is 226 g/mol. The number of ether oxygens (including phenoxy) is 1. The molecule has 86 valence electrons. The first kappa shape index (κ1) is 12.1. The molecule has 1 rings (SSSR count). The molecule has 0 fully saturated rings. The number of rotatable bonds is 3. The lowest BCUT2D eigenvalue weighted by molar-refractivity contribution is -0.150. The van der Waals surface area contributed by atoms with Crippen LogP contribution in [0.25, 0.3) is 0 Å². The van der Waals surface area contributed by atoms with Gasteiger partial charge in [-0.3, -0.25) is 9.78 Å². The summed E-state index contributed by atoms with van der Waals surface area (Å²) in [5.74, 6) is -1.80. The summed E-state index contributed by atoms with van der Waals surface area (Å²) in [5, 5.41) is -0.200. The third kappa shape index (κ3) is 2.53. The molecule has 1 aromatic heterocycles. The molecule has 0 saturated heterocycles. The van der Waals surface area contributed by atoms with Crippen LogP contribution in [0.15, 0.2) is 24.4 Å². The second kappa shape index (κ2) is 5.20. The summed E-state index contributed by atoms with van der Waals surface area (Å²) in [4.78, 5) is 26.2. The predicted molar refractivity (Wildman–Crippen MR) is 53.0 cm³/mol. The van der Waals surface area contributed by atoms with Crippen molar-refractivity contribution >= 4 is 11.9 Å². The van der Waals surface area contributed by atoms with E-state index in [0.717, 1.165) is 7.11 Å². The fourth-order valence-electron chi connectivity index (χ4n) is 1.04. The summed E-state index contributed by atoms with van der Waals surface area (Å²) < 4.78 is 17.8. The van der Waals surface area contributed by atoms with Crippen molar-refractivity contribution in [2.45, 2.75) is 13.0 Å². The van der Waals surface area contributed by atoms with E-state index in [4.69, 9.17) is 0 Å². The molecule has 1 aromatic rings. The highest BCUT2D eigenvalue weighted by Gasteiger charge is 2.28. The van der Waals surface area contributed by atoms with Gasteiger partial charge in [-0.05, 0) is 19.1 Å². The van der Waals surface area contributed by atoms with Gasteiger partial charge in [-0.25, -0.2) is 4.79 Å². The molecule has 0 aliphatic carbocycles. The zero-order valence-electron chi connectivity index (χ0n) is 8.88. The third-order valence-electron chi connectivity index (χ3n) is 1.96. The molecule has 16 heavy (non-hydrogen) atoms. The first-order valence-corrected chi connectivity index (χ1v) is 4.56. The first-order valence-electron chi connectivity index (χ1n) is 4.56. The first-order chi connectivity index (χ1) is 7.57. The molecular formula is C10H11FN2O3. The van der Waals surface area contributed by atoms with Crippen molar-refractivity contribution in [3.8, 4) is 0 Å². The van der Waals surface area contributed by atoms with Crippen molar-refractivity contribution in [3.63, 3.8) is 0 Å². The van der Waals surface area contributed by atoms with E-state index in [9.17, 15) is 14.1 Å². The number of amides is 1. The van der Waals surface area contributed by atoms with Crippen LogP contribution in [0.3, 0.4) is 0 Å². The van der Waals surface area contributed by atoms with Crippen molar-refractivity contribution in [2.75, 3.05) is 7.11 Å². The highest BCUT2D eigenvalue weighted by atomic mass is 19.2. The molecule has 0 spiro atoms. The molecule has 1 unspecified atom stereocenters. The summed E-state index contributed by atoms with van der Waals surface area (Å²) in [6.07, 6.45) is 1.36. The Morgan fingerprint density at radius 3 is 2.69 bits per heavy atom. The number of aromatic nitrogens is 1. The minimum Gasteiger partial charge on any atom is -0.467 e. The van der Waals surface area contributed by atoms with E-state index < -0.39 is 17.9 Å². The molecule has 0 radical (unpaired) electrons. The van der Waals surface area contributed by atoms with E-state index in [0.29, 0.717) is 0 Å². The molecular weight excluding hydrogens is 215 g/mol. The molecule has 0 aliphatic heterocycles. The minimum absolute atomic E-state index is 0.0687. The Morgan fingerprint density at radius 2 is 2.19 bits per heavy atom. The van der Waals surface area contributed by atoms with Crippen LogP contribution in [0.1, 0.15) is 17.4 Å². The van der Waals surface area contributed by atoms with Gasteiger partial charge in [0, 0.05) is 6.20 Å². The van der Waals surface area contributed by atoms with Crippen molar-refractivity contribution in [3.05, 3.63) is 30.1 Å². The normalized spacial score (nSPS) is 11.7. The predicted octanol–water partition coefficient (Wildman–Crippen LogP) is 0.970. The van der Waals surface area contributed by atoms with Gasteiger partial charge in [-0.15, -0.1) is 0 Å². The summed E-state index contributed by atoms with van der Waals surface area (Å²) in [5.41, 5.74) is -0.0687. The van der Waals surface area contributed by atoms with Crippen molar-refractivity contribution in [1.29, 1.82) is 0 Å². The Kier molecular flexibility index (Phi) is 3.93. The zero-order valence-corrected chi connectivity index (χ0v) is 8.88. The van der Waals surface area contributed by atoms with Crippen molar-refractivity contribution in [2.24, 2.45) is 0 Å². The van der Waals surface area contributed by atoms with E-state index >= 15 is 0 Å². The topological polar surface area (TPSA) is 59.5 Å². The van der Waals surface area contributed by atoms with Gasteiger partial charge in [0.2, 0.25) is 0 Å². The maximum Gasteiger partial charge on any atom is 0.331 e. The number of esters is 1. The van der Waals surface area contributed by atoms with Crippen LogP contribution in [-0.2, 0) is 9.53 Å². The summed E-state index contributed by atoms with van der Waals surface area (Å²) >= 11 is 0. The molecule has 1 amide bonds. The van der Waals surface area contributed by atoms with E-state index in [1.54, 1.807) is 12.1 Å². The van der Waals surface area contributed by atoms with E-state index in [1.807, 2.05) is 0 Å². The average molecular weight is 226 g/mol. The molecule has 6 heteroatoms. The van der Waals surface area contributed by atoms with Crippen LogP contribution in [0.2, 0.25) is 0 Å². The highest BCUT2D eigenvalue weighted by molar-refractivity contribution is 5.94. The minimum atomic E-state index is -1.29. The molecule has 1 atom stereocenters. The van der Waals surface area contributed by atoms with Crippen LogP contribution in [0.4, 0.5) is 4.48 Å². The van der Waals surface area contributed by atoms with Crippen LogP contribution < -0.4 is 0 Å². The molecule has 5 nitrogen and oxygen atoms in total. The average Bonchev–Trinajstić information content (AvgIpc) is 2.36. The molecule has 0 aromatic carbocycles.